The van der Waals surface area contributed by atoms with E-state index in [1.807, 2.05) is 39.0 Å². The Kier molecular flexibility index (Phi) is 11.2. The summed E-state index contributed by atoms with van der Waals surface area (Å²) in [7, 11) is 0. The lowest BCUT2D eigenvalue weighted by Gasteiger charge is -2.40. The maximum absolute atomic E-state index is 15.4. The summed E-state index contributed by atoms with van der Waals surface area (Å²) >= 11 is 0. The predicted octanol–water partition coefficient (Wildman–Crippen LogP) is 6.53. The van der Waals surface area contributed by atoms with E-state index in [1.165, 1.54) is 23.8 Å². The third-order valence-electron chi connectivity index (χ3n) is 12.1. The van der Waals surface area contributed by atoms with E-state index in [4.69, 9.17) is 4.52 Å². The Hall–Kier alpha value is -6.68. The Morgan fingerprint density at radius 3 is 2.19 bits per heavy atom. The van der Waals surface area contributed by atoms with E-state index < -0.39 is 11.7 Å². The first-order valence-electron chi connectivity index (χ1n) is 21.2. The molecule has 0 spiro atoms. The first-order valence-corrected chi connectivity index (χ1v) is 21.2. The molecule has 3 aromatic heterocycles. The van der Waals surface area contributed by atoms with Crippen molar-refractivity contribution in [2.75, 3.05) is 67.1 Å². The molecule has 0 atom stereocenters. The number of carbonyl (C=O) groups excluding carboxylic acids is 3. The summed E-state index contributed by atoms with van der Waals surface area (Å²) in [5.41, 5.74) is 6.86. The van der Waals surface area contributed by atoms with Crippen LogP contribution in [-0.4, -0.2) is 100 Å². The molecule has 0 bridgehead atoms. The summed E-state index contributed by atoms with van der Waals surface area (Å²) in [6.07, 6.45) is 4.08. The minimum absolute atomic E-state index is 0.0494. The van der Waals surface area contributed by atoms with Crippen molar-refractivity contribution in [2.24, 2.45) is 5.92 Å². The number of rotatable bonds is 10. The average Bonchev–Trinajstić information content (AvgIpc) is 3.96. The lowest BCUT2D eigenvalue weighted by Crippen LogP contribution is -2.49. The van der Waals surface area contributed by atoms with Crippen LogP contribution >= 0.6 is 0 Å². The predicted molar refractivity (Wildman–Crippen MR) is 234 cm³/mol. The van der Waals surface area contributed by atoms with E-state index in [0.717, 1.165) is 81.0 Å². The number of H-pyrrole nitrogens is 1. The van der Waals surface area contributed by atoms with Crippen molar-refractivity contribution in [1.82, 2.24) is 40.6 Å². The monoisotopic (exact) mass is 839 g/mol. The summed E-state index contributed by atoms with van der Waals surface area (Å²) < 4.78 is 20.5. The zero-order valence-electron chi connectivity index (χ0n) is 35.2. The van der Waals surface area contributed by atoms with Gasteiger partial charge in [0.2, 0.25) is 5.91 Å². The van der Waals surface area contributed by atoms with Gasteiger partial charge in [-0.2, -0.15) is 4.98 Å². The molecule has 3 aliphatic heterocycles. The highest BCUT2D eigenvalue weighted by molar-refractivity contribution is 6.05. The number of benzene rings is 3. The third-order valence-corrected chi connectivity index (χ3v) is 12.1. The summed E-state index contributed by atoms with van der Waals surface area (Å²) in [4.78, 5) is 62.0. The van der Waals surface area contributed by atoms with Crippen LogP contribution in [0.2, 0.25) is 0 Å². The van der Waals surface area contributed by atoms with Crippen LogP contribution in [-0.2, 0) is 16.8 Å². The molecule has 62 heavy (non-hydrogen) atoms. The average molecular weight is 840 g/mol. The van der Waals surface area contributed by atoms with E-state index >= 15 is 4.39 Å². The molecule has 15 nitrogen and oxygen atoms in total. The van der Waals surface area contributed by atoms with Gasteiger partial charge in [-0.15, -0.1) is 0 Å². The summed E-state index contributed by atoms with van der Waals surface area (Å²) in [5.74, 6) is -0.355. The number of carbonyl (C=O) groups is 3. The smallest absolute Gasteiger partial charge is 0.328 e. The van der Waals surface area contributed by atoms with Crippen LogP contribution in [0.5, 0.6) is 0 Å². The lowest BCUT2D eigenvalue weighted by molar-refractivity contribution is -0.120. The number of halogens is 1. The number of hydrogen-bond donors (Lipinski definition) is 3. The largest absolute Gasteiger partial charge is 0.372 e. The van der Waals surface area contributed by atoms with Gasteiger partial charge < -0.3 is 24.6 Å². The molecule has 0 saturated carbocycles. The van der Waals surface area contributed by atoms with Gasteiger partial charge in [0.1, 0.15) is 17.8 Å². The quantitative estimate of drug-likeness (QED) is 0.137. The number of nitrogens with zero attached hydrogens (tertiary/aromatic N) is 8. The van der Waals surface area contributed by atoms with E-state index in [0.29, 0.717) is 47.2 Å². The molecule has 3 aliphatic rings. The van der Waals surface area contributed by atoms with Crippen LogP contribution in [0.15, 0.2) is 83.6 Å². The molecule has 9 rings (SSSR count). The third kappa shape index (κ3) is 8.73. The van der Waals surface area contributed by atoms with Crippen LogP contribution in [0.4, 0.5) is 26.2 Å². The number of piperidine rings is 1. The highest BCUT2D eigenvalue weighted by Gasteiger charge is 2.27. The van der Waals surface area contributed by atoms with Gasteiger partial charge in [0.25, 0.3) is 0 Å². The molecule has 6 heterocycles. The van der Waals surface area contributed by atoms with Gasteiger partial charge in [0, 0.05) is 110 Å². The van der Waals surface area contributed by atoms with Crippen LogP contribution in [0.1, 0.15) is 62.1 Å². The van der Waals surface area contributed by atoms with E-state index in [9.17, 15) is 14.4 Å². The topological polar surface area (TPSA) is 169 Å². The van der Waals surface area contributed by atoms with E-state index in [2.05, 4.69) is 86.8 Å². The van der Waals surface area contributed by atoms with Crippen molar-refractivity contribution in [2.45, 2.75) is 52.0 Å². The van der Waals surface area contributed by atoms with Crippen molar-refractivity contribution in [3.05, 3.63) is 102 Å². The highest BCUT2D eigenvalue weighted by atomic mass is 19.1. The van der Waals surface area contributed by atoms with Crippen LogP contribution < -0.4 is 25.3 Å². The fraction of sp³-hybridized carbons (Fsp3) is 0.370. The normalized spacial score (nSPS) is 16.9. The number of aromatic nitrogens is 5. The minimum atomic E-state index is -0.570. The molecule has 3 saturated heterocycles. The zero-order chi connectivity index (χ0) is 43.0. The Balaban J connectivity index is 0.759. The summed E-state index contributed by atoms with van der Waals surface area (Å²) in [5, 5.41) is 9.71. The highest BCUT2D eigenvalue weighted by Crippen LogP contribution is 2.33. The molecule has 0 radical (unpaired) electrons. The summed E-state index contributed by atoms with van der Waals surface area (Å²) in [6.45, 7) is 13.2. The van der Waals surface area contributed by atoms with Gasteiger partial charge >= 0.3 is 17.8 Å². The van der Waals surface area contributed by atoms with Gasteiger partial charge in [-0.1, -0.05) is 50.2 Å². The second kappa shape index (κ2) is 17.0. The van der Waals surface area contributed by atoms with E-state index in [1.54, 1.807) is 17.0 Å². The van der Waals surface area contributed by atoms with Crippen molar-refractivity contribution in [1.29, 1.82) is 0 Å². The number of aromatic amines is 1. The molecule has 4 amide bonds. The standard InChI is InChI=1S/C46H50FN11O4/c1-46(2,3)44-53-43(62-54-44)42(60)48-26-32-5-4-31(24-37(32)47)40-36-25-38(51-41(36)50-28-49-40)30-6-8-33(9-7-30)57-22-20-55(21-23-57)27-29-14-17-56(18-15-29)34-10-12-35(13-11-34)58-19-16-39(59)52-45(58)61/h4-13,24-25,28-29H,14-23,26-27H2,1-3H3,(H,48,60)(H,49,50,51)(H,52,59,61). The number of urea groups is 1. The number of imide groups is 1. The molecule has 6 aromatic rings. The molecular weight excluding hydrogens is 790 g/mol. The summed E-state index contributed by atoms with van der Waals surface area (Å²) in [6, 6.07) is 23.2. The van der Waals surface area contributed by atoms with Crippen LogP contribution in [0, 0.1) is 11.7 Å². The number of hydrogen-bond acceptors (Lipinski definition) is 11. The fourth-order valence-electron chi connectivity index (χ4n) is 8.47. The molecular formula is C46H50FN11O4. The number of nitrogens with one attached hydrogen (secondary N) is 3. The Labute approximate surface area is 358 Å². The van der Waals surface area contributed by atoms with Gasteiger partial charge in [0.15, 0.2) is 5.82 Å². The van der Waals surface area contributed by atoms with Crippen molar-refractivity contribution in [3.8, 4) is 22.5 Å². The first kappa shape index (κ1) is 40.7. The first-order chi connectivity index (χ1) is 29.9. The van der Waals surface area contributed by atoms with Gasteiger partial charge in [-0.3, -0.25) is 24.7 Å². The minimum Gasteiger partial charge on any atom is -0.372 e. The van der Waals surface area contributed by atoms with Gasteiger partial charge in [-0.25, -0.2) is 19.2 Å². The maximum atomic E-state index is 15.4. The zero-order valence-corrected chi connectivity index (χ0v) is 35.2. The molecule has 3 aromatic carbocycles. The van der Waals surface area contributed by atoms with Crippen LogP contribution in [0.3, 0.4) is 0 Å². The maximum Gasteiger partial charge on any atom is 0.328 e. The van der Waals surface area contributed by atoms with Crippen molar-refractivity contribution < 1.29 is 23.3 Å². The van der Waals surface area contributed by atoms with Crippen molar-refractivity contribution in [3.63, 3.8) is 0 Å². The Morgan fingerprint density at radius 2 is 1.52 bits per heavy atom. The molecule has 16 heteroatoms. The Morgan fingerprint density at radius 1 is 0.839 bits per heavy atom. The molecule has 320 valence electrons. The number of amides is 4. The van der Waals surface area contributed by atoms with E-state index in [-0.39, 0.29) is 29.8 Å². The Bertz CT molecular complexity index is 2590. The van der Waals surface area contributed by atoms with Crippen LogP contribution in [0.25, 0.3) is 33.5 Å². The second-order valence-corrected chi connectivity index (χ2v) is 17.4. The number of anilines is 3. The van der Waals surface area contributed by atoms with Gasteiger partial charge in [0.05, 0.1) is 5.69 Å². The molecule has 0 aliphatic carbocycles. The molecule has 3 fully saturated rings. The SMILES string of the molecule is CC(C)(C)c1noc(C(=O)NCc2ccc(-c3ncnc4[nH]c(-c5ccc(N6CCN(CC7CCN(c8ccc(N9CCC(=O)NC9=O)cc8)CC7)CC6)cc5)cc34)cc2F)n1. The molecule has 3 N–H and O–H groups in total. The van der Waals surface area contributed by atoms with Crippen molar-refractivity contribution >= 4 is 45.9 Å². The number of piperazine rings is 1. The molecule has 0 unspecified atom stereocenters. The van der Waals surface area contributed by atoms with Gasteiger partial charge in [-0.05, 0) is 72.9 Å². The fourth-order valence-corrected chi connectivity index (χ4v) is 8.47. The second-order valence-electron chi connectivity index (χ2n) is 17.4. The lowest BCUT2D eigenvalue weighted by atomic mass is 9.95. The number of fused-ring (bicyclic) bond motifs is 1.